The summed E-state index contributed by atoms with van der Waals surface area (Å²) in [6.07, 6.45) is 0.192. The van der Waals surface area contributed by atoms with Crippen molar-refractivity contribution in [3.8, 4) is 0 Å². The Hall–Kier alpha value is -0.610. The third-order valence-corrected chi connectivity index (χ3v) is 2.34. The number of nitrogens with two attached hydrogens (primary N) is 1. The maximum absolute atomic E-state index is 11.5. The molecule has 0 aliphatic carbocycles. The normalized spacial score (nSPS) is 17.6. The monoisotopic (exact) mass is 188 g/mol. The lowest BCUT2D eigenvalue weighted by atomic mass is 9.86. The summed E-state index contributed by atoms with van der Waals surface area (Å²) in [4.78, 5) is 11.5. The predicted molar refractivity (Wildman–Crippen MR) is 52.1 cm³/mol. The van der Waals surface area contributed by atoms with Crippen molar-refractivity contribution >= 4 is 5.91 Å². The van der Waals surface area contributed by atoms with Gasteiger partial charge in [0.05, 0.1) is 11.5 Å². The number of amides is 1. The maximum Gasteiger partial charge on any atom is 0.227 e. The highest BCUT2D eigenvalue weighted by atomic mass is 16.3. The lowest BCUT2D eigenvalue weighted by molar-refractivity contribution is -0.130. The molecule has 0 aliphatic rings. The summed E-state index contributed by atoms with van der Waals surface area (Å²) in [5.41, 5.74) is 5.00. The first-order valence-corrected chi connectivity index (χ1v) is 4.62. The second-order valence-corrected chi connectivity index (χ2v) is 3.68. The van der Waals surface area contributed by atoms with Gasteiger partial charge in [-0.3, -0.25) is 4.79 Å². The largest absolute Gasteiger partial charge is 0.392 e. The first kappa shape index (κ1) is 12.4. The van der Waals surface area contributed by atoms with Crippen molar-refractivity contribution in [3.63, 3.8) is 0 Å². The molecular formula is C9H20N2O2. The van der Waals surface area contributed by atoms with Crippen LogP contribution in [0.15, 0.2) is 0 Å². The molecular weight excluding hydrogens is 168 g/mol. The fourth-order valence-corrected chi connectivity index (χ4v) is 0.851. The SMILES string of the molecule is CCC(C)(CN)C(=O)NC[C@@H](C)O. The number of rotatable bonds is 5. The number of hydrogen-bond donors (Lipinski definition) is 3. The van der Waals surface area contributed by atoms with Gasteiger partial charge in [0.1, 0.15) is 0 Å². The number of carbonyl (C=O) groups is 1. The molecule has 0 radical (unpaired) electrons. The molecule has 0 heterocycles. The number of aliphatic hydroxyl groups excluding tert-OH is 1. The van der Waals surface area contributed by atoms with Gasteiger partial charge in [-0.2, -0.15) is 0 Å². The molecule has 0 aromatic heterocycles. The Balaban J connectivity index is 4.07. The van der Waals surface area contributed by atoms with E-state index < -0.39 is 11.5 Å². The van der Waals surface area contributed by atoms with Crippen molar-refractivity contribution in [2.45, 2.75) is 33.3 Å². The predicted octanol–water partition coefficient (Wildman–Crippen LogP) is -0.142. The Labute approximate surface area is 79.5 Å². The van der Waals surface area contributed by atoms with Crippen LogP contribution >= 0.6 is 0 Å². The van der Waals surface area contributed by atoms with Crippen LogP contribution in [0.1, 0.15) is 27.2 Å². The molecule has 4 heteroatoms. The van der Waals surface area contributed by atoms with E-state index in [4.69, 9.17) is 10.8 Å². The molecule has 2 atom stereocenters. The van der Waals surface area contributed by atoms with Gasteiger partial charge in [-0.25, -0.2) is 0 Å². The minimum absolute atomic E-state index is 0.0848. The van der Waals surface area contributed by atoms with E-state index in [1.165, 1.54) is 0 Å². The molecule has 0 bridgehead atoms. The second-order valence-electron chi connectivity index (χ2n) is 3.68. The second kappa shape index (κ2) is 5.19. The summed E-state index contributed by atoms with van der Waals surface area (Å²) < 4.78 is 0. The highest BCUT2D eigenvalue weighted by Gasteiger charge is 2.29. The highest BCUT2D eigenvalue weighted by Crippen LogP contribution is 2.18. The van der Waals surface area contributed by atoms with Crippen molar-refractivity contribution in [2.24, 2.45) is 11.1 Å². The Morgan fingerprint density at radius 3 is 2.54 bits per heavy atom. The molecule has 0 aromatic rings. The number of nitrogens with one attached hydrogen (secondary N) is 1. The third kappa shape index (κ3) is 3.74. The van der Waals surface area contributed by atoms with E-state index in [1.807, 2.05) is 13.8 Å². The molecule has 1 unspecified atom stereocenters. The summed E-state index contributed by atoms with van der Waals surface area (Å²) in [5, 5.41) is 11.6. The summed E-state index contributed by atoms with van der Waals surface area (Å²) in [6.45, 7) is 5.99. The summed E-state index contributed by atoms with van der Waals surface area (Å²) in [7, 11) is 0. The van der Waals surface area contributed by atoms with Crippen LogP contribution in [0.3, 0.4) is 0 Å². The topological polar surface area (TPSA) is 75.4 Å². The van der Waals surface area contributed by atoms with Crippen molar-refractivity contribution in [1.82, 2.24) is 5.32 Å². The molecule has 0 aliphatic heterocycles. The van der Waals surface area contributed by atoms with Gasteiger partial charge in [-0.15, -0.1) is 0 Å². The van der Waals surface area contributed by atoms with E-state index in [1.54, 1.807) is 6.92 Å². The summed E-state index contributed by atoms with van der Waals surface area (Å²) in [5.74, 6) is -0.0848. The zero-order valence-corrected chi connectivity index (χ0v) is 8.63. The van der Waals surface area contributed by atoms with Crippen LogP contribution in [0.5, 0.6) is 0 Å². The van der Waals surface area contributed by atoms with E-state index in [0.717, 1.165) is 0 Å². The van der Waals surface area contributed by atoms with E-state index in [9.17, 15) is 4.79 Å². The average Bonchev–Trinajstić information content (AvgIpc) is 2.12. The Morgan fingerprint density at radius 1 is 1.69 bits per heavy atom. The molecule has 1 amide bonds. The van der Waals surface area contributed by atoms with Crippen LogP contribution in [-0.4, -0.2) is 30.2 Å². The maximum atomic E-state index is 11.5. The van der Waals surface area contributed by atoms with Gasteiger partial charge in [0.25, 0.3) is 0 Å². The van der Waals surface area contributed by atoms with Crippen LogP contribution in [-0.2, 0) is 4.79 Å². The quantitative estimate of drug-likeness (QED) is 0.562. The summed E-state index contributed by atoms with van der Waals surface area (Å²) in [6, 6.07) is 0. The molecule has 13 heavy (non-hydrogen) atoms. The number of hydrogen-bond acceptors (Lipinski definition) is 3. The van der Waals surface area contributed by atoms with Gasteiger partial charge in [0, 0.05) is 13.1 Å². The fraction of sp³-hybridized carbons (Fsp3) is 0.889. The average molecular weight is 188 g/mol. The highest BCUT2D eigenvalue weighted by molar-refractivity contribution is 5.82. The van der Waals surface area contributed by atoms with Gasteiger partial charge in [-0.05, 0) is 20.3 Å². The first-order valence-electron chi connectivity index (χ1n) is 4.62. The van der Waals surface area contributed by atoms with Crippen LogP contribution in [0, 0.1) is 5.41 Å². The van der Waals surface area contributed by atoms with Crippen LogP contribution in [0.4, 0.5) is 0 Å². The zero-order chi connectivity index (χ0) is 10.5. The van der Waals surface area contributed by atoms with Gasteiger partial charge < -0.3 is 16.2 Å². The molecule has 0 saturated heterocycles. The van der Waals surface area contributed by atoms with Crippen LogP contribution in [0.2, 0.25) is 0 Å². The summed E-state index contributed by atoms with van der Waals surface area (Å²) >= 11 is 0. The zero-order valence-electron chi connectivity index (χ0n) is 8.63. The van der Waals surface area contributed by atoms with Gasteiger partial charge in [0.15, 0.2) is 0 Å². The van der Waals surface area contributed by atoms with Crippen molar-refractivity contribution in [2.75, 3.05) is 13.1 Å². The Bertz CT molecular complexity index is 165. The molecule has 0 saturated carbocycles. The molecule has 0 fully saturated rings. The lowest BCUT2D eigenvalue weighted by Gasteiger charge is -2.25. The van der Waals surface area contributed by atoms with Gasteiger partial charge >= 0.3 is 0 Å². The smallest absolute Gasteiger partial charge is 0.227 e. The minimum atomic E-state index is -0.511. The number of carbonyl (C=O) groups excluding carboxylic acids is 1. The molecule has 0 rings (SSSR count). The van der Waals surface area contributed by atoms with Gasteiger partial charge in [0.2, 0.25) is 5.91 Å². The van der Waals surface area contributed by atoms with Gasteiger partial charge in [-0.1, -0.05) is 6.92 Å². The third-order valence-electron chi connectivity index (χ3n) is 2.34. The minimum Gasteiger partial charge on any atom is -0.392 e. The number of aliphatic hydroxyl groups is 1. The van der Waals surface area contributed by atoms with E-state index in [2.05, 4.69) is 5.32 Å². The van der Waals surface area contributed by atoms with E-state index >= 15 is 0 Å². The molecule has 0 spiro atoms. The first-order chi connectivity index (χ1) is 5.96. The van der Waals surface area contributed by atoms with E-state index in [-0.39, 0.29) is 12.5 Å². The van der Waals surface area contributed by atoms with Crippen LogP contribution in [0.25, 0.3) is 0 Å². The van der Waals surface area contributed by atoms with Crippen molar-refractivity contribution < 1.29 is 9.90 Å². The van der Waals surface area contributed by atoms with Crippen molar-refractivity contribution in [3.05, 3.63) is 0 Å². The fourth-order valence-electron chi connectivity index (χ4n) is 0.851. The lowest BCUT2D eigenvalue weighted by Crippen LogP contribution is -2.45. The molecule has 4 N–H and O–H groups in total. The Kier molecular flexibility index (Phi) is 4.95. The molecule has 78 valence electrons. The van der Waals surface area contributed by atoms with Crippen LogP contribution < -0.4 is 11.1 Å². The Morgan fingerprint density at radius 2 is 2.23 bits per heavy atom. The standard InChI is InChI=1S/C9H20N2O2/c1-4-9(3,6-10)8(13)11-5-7(2)12/h7,12H,4-6,10H2,1-3H3,(H,11,13)/t7-,9?/m1/s1. The molecule has 4 nitrogen and oxygen atoms in total. The van der Waals surface area contributed by atoms with Crippen molar-refractivity contribution in [1.29, 1.82) is 0 Å². The van der Waals surface area contributed by atoms with E-state index in [0.29, 0.717) is 13.0 Å². The molecule has 0 aromatic carbocycles.